The van der Waals surface area contributed by atoms with E-state index in [0.717, 1.165) is 0 Å². The first-order valence-corrected chi connectivity index (χ1v) is 3.83. The molecule has 0 heterocycles. The molecule has 0 spiro atoms. The number of rotatable bonds is 4. The smallest absolute Gasteiger partial charge is 0.311 e. The van der Waals surface area contributed by atoms with Crippen molar-refractivity contribution in [1.29, 1.82) is 0 Å². The van der Waals surface area contributed by atoms with Crippen molar-refractivity contribution in [2.24, 2.45) is 0 Å². The summed E-state index contributed by atoms with van der Waals surface area (Å²) in [6, 6.07) is 0. The molecule has 0 saturated heterocycles. The van der Waals surface area contributed by atoms with Gasteiger partial charge in [0.1, 0.15) is 0 Å². The zero-order valence-corrected chi connectivity index (χ0v) is 9.55. The van der Waals surface area contributed by atoms with Gasteiger partial charge in [-0.25, -0.2) is 0 Å². The molecule has 0 aliphatic rings. The SMILES string of the molecule is C.CCO[PH](=O)OCC.[Y]. The molecule has 0 amide bonds. The van der Waals surface area contributed by atoms with Gasteiger partial charge in [0.05, 0.1) is 13.2 Å². The maximum Gasteiger partial charge on any atom is 0.319 e. The molecular formula is C5H15O3PY. The molecule has 0 fully saturated rings. The molecule has 0 bridgehead atoms. The molecule has 0 unspecified atom stereocenters. The zero-order valence-electron chi connectivity index (χ0n) is 5.72. The third-order valence-corrected chi connectivity index (χ3v) is 1.57. The molecule has 0 saturated carbocycles. The Hall–Kier alpha value is 1.25. The zero-order chi connectivity index (χ0) is 6.41. The second-order valence-corrected chi connectivity index (χ2v) is 2.19. The summed E-state index contributed by atoms with van der Waals surface area (Å²) in [5, 5.41) is 0. The van der Waals surface area contributed by atoms with Crippen molar-refractivity contribution < 1.29 is 46.3 Å². The topological polar surface area (TPSA) is 35.5 Å². The predicted octanol–water partition coefficient (Wildman–Crippen LogP) is 2.08. The second-order valence-electron chi connectivity index (χ2n) is 1.12. The normalized spacial score (nSPS) is 8.30. The van der Waals surface area contributed by atoms with E-state index >= 15 is 0 Å². The van der Waals surface area contributed by atoms with Crippen LogP contribution in [0.4, 0.5) is 0 Å². The van der Waals surface area contributed by atoms with Gasteiger partial charge in [-0.2, -0.15) is 0 Å². The maximum atomic E-state index is 10.4. The standard InChI is InChI=1S/C4H11O3P.CH4.Y/c1-3-6-8(5)7-4-2;;/h8H,3-4H2,1-2H3;1H4;. The van der Waals surface area contributed by atoms with Gasteiger partial charge in [0, 0.05) is 32.7 Å². The van der Waals surface area contributed by atoms with E-state index < -0.39 is 8.25 Å². The molecule has 0 aromatic heterocycles. The fraction of sp³-hybridized carbons (Fsp3) is 1.00. The first kappa shape index (κ1) is 17.4. The van der Waals surface area contributed by atoms with Gasteiger partial charge in [0.2, 0.25) is 0 Å². The minimum Gasteiger partial charge on any atom is -0.311 e. The Morgan fingerprint density at radius 3 is 1.70 bits per heavy atom. The van der Waals surface area contributed by atoms with Crippen LogP contribution >= 0.6 is 8.25 Å². The van der Waals surface area contributed by atoms with Gasteiger partial charge in [-0.3, -0.25) is 4.57 Å². The van der Waals surface area contributed by atoms with Crippen LogP contribution in [-0.4, -0.2) is 13.2 Å². The monoisotopic (exact) mass is 243 g/mol. The Morgan fingerprint density at radius 2 is 1.50 bits per heavy atom. The van der Waals surface area contributed by atoms with Crippen LogP contribution in [0.2, 0.25) is 0 Å². The van der Waals surface area contributed by atoms with E-state index in [1.165, 1.54) is 0 Å². The molecule has 0 aliphatic carbocycles. The molecule has 0 aromatic carbocycles. The molecular weight excluding hydrogens is 228 g/mol. The summed E-state index contributed by atoms with van der Waals surface area (Å²) < 4.78 is 19.6. The molecule has 0 aromatic rings. The molecule has 0 aliphatic heterocycles. The fourth-order valence-corrected chi connectivity index (χ4v) is 0.832. The Morgan fingerprint density at radius 1 is 1.20 bits per heavy atom. The van der Waals surface area contributed by atoms with Crippen molar-refractivity contribution in [2.45, 2.75) is 21.3 Å². The quantitative estimate of drug-likeness (QED) is 0.709. The maximum absolute atomic E-state index is 10.4. The Balaban J connectivity index is -0.000000245. The van der Waals surface area contributed by atoms with Gasteiger partial charge in [-0.05, 0) is 13.8 Å². The fourth-order valence-electron chi connectivity index (χ4n) is 0.277. The number of hydrogen-bond donors (Lipinski definition) is 0. The van der Waals surface area contributed by atoms with Crippen LogP contribution in [0.3, 0.4) is 0 Å². The molecule has 1 radical (unpaired) electrons. The first-order chi connectivity index (χ1) is 3.81. The summed E-state index contributed by atoms with van der Waals surface area (Å²) in [6.07, 6.45) is 0. The van der Waals surface area contributed by atoms with Crippen molar-refractivity contribution in [3.63, 3.8) is 0 Å². The minimum atomic E-state index is -2.14. The third kappa shape index (κ3) is 12.0. The van der Waals surface area contributed by atoms with Crippen LogP contribution < -0.4 is 0 Å². The predicted molar refractivity (Wildman–Crippen MR) is 39.0 cm³/mol. The molecule has 61 valence electrons. The average Bonchev–Trinajstić information content (AvgIpc) is 1.68. The van der Waals surface area contributed by atoms with Crippen molar-refractivity contribution in [3.05, 3.63) is 0 Å². The molecule has 5 heteroatoms. The third-order valence-electron chi connectivity index (χ3n) is 0.524. The van der Waals surface area contributed by atoms with Crippen LogP contribution in [0.25, 0.3) is 0 Å². The van der Waals surface area contributed by atoms with Gasteiger partial charge in [-0.15, -0.1) is 0 Å². The van der Waals surface area contributed by atoms with Crippen LogP contribution in [0.5, 0.6) is 0 Å². The van der Waals surface area contributed by atoms with E-state index in [1.807, 2.05) is 0 Å². The van der Waals surface area contributed by atoms with Crippen LogP contribution in [0.15, 0.2) is 0 Å². The van der Waals surface area contributed by atoms with Crippen LogP contribution in [-0.2, 0) is 46.3 Å². The summed E-state index contributed by atoms with van der Waals surface area (Å²) in [6.45, 7) is 4.47. The molecule has 0 N–H and O–H groups in total. The van der Waals surface area contributed by atoms with Gasteiger partial charge in [-0.1, -0.05) is 7.43 Å². The average molecular weight is 243 g/mol. The molecule has 0 atom stereocenters. The Kier molecular flexibility index (Phi) is 22.4. The van der Waals surface area contributed by atoms with E-state index in [4.69, 9.17) is 0 Å². The van der Waals surface area contributed by atoms with Gasteiger partial charge >= 0.3 is 8.25 Å². The Labute approximate surface area is 88.7 Å². The van der Waals surface area contributed by atoms with Gasteiger partial charge in [0.15, 0.2) is 0 Å². The Bertz CT molecular complexity index is 71.3. The van der Waals surface area contributed by atoms with E-state index in [-0.39, 0.29) is 40.1 Å². The second kappa shape index (κ2) is 12.9. The largest absolute Gasteiger partial charge is 0.319 e. The van der Waals surface area contributed by atoms with Crippen molar-refractivity contribution in [1.82, 2.24) is 0 Å². The molecule has 0 rings (SSSR count). The van der Waals surface area contributed by atoms with Crippen LogP contribution in [0.1, 0.15) is 21.3 Å². The molecule has 3 nitrogen and oxygen atoms in total. The summed E-state index contributed by atoms with van der Waals surface area (Å²) in [7, 11) is -2.14. The van der Waals surface area contributed by atoms with E-state index in [0.29, 0.717) is 13.2 Å². The van der Waals surface area contributed by atoms with Crippen molar-refractivity contribution >= 4 is 8.25 Å². The van der Waals surface area contributed by atoms with Gasteiger partial charge < -0.3 is 9.05 Å². The first-order valence-electron chi connectivity index (χ1n) is 2.60. The summed E-state index contributed by atoms with van der Waals surface area (Å²) in [5.41, 5.74) is 0. The molecule has 10 heavy (non-hydrogen) atoms. The number of hydrogen-bond acceptors (Lipinski definition) is 3. The van der Waals surface area contributed by atoms with E-state index in [1.54, 1.807) is 13.8 Å². The summed E-state index contributed by atoms with van der Waals surface area (Å²) in [5.74, 6) is 0. The van der Waals surface area contributed by atoms with Crippen LogP contribution in [0, 0.1) is 0 Å². The van der Waals surface area contributed by atoms with E-state index in [9.17, 15) is 4.57 Å². The van der Waals surface area contributed by atoms with E-state index in [2.05, 4.69) is 9.05 Å². The summed E-state index contributed by atoms with van der Waals surface area (Å²) >= 11 is 0. The van der Waals surface area contributed by atoms with Crippen molar-refractivity contribution in [2.75, 3.05) is 13.2 Å². The summed E-state index contributed by atoms with van der Waals surface area (Å²) in [4.78, 5) is 0. The van der Waals surface area contributed by atoms with Gasteiger partial charge in [0.25, 0.3) is 0 Å². The van der Waals surface area contributed by atoms with Crippen molar-refractivity contribution in [3.8, 4) is 0 Å². The minimum absolute atomic E-state index is 0.